The number of hydrogen-bond acceptors (Lipinski definition) is 4. The molecule has 1 aromatic heterocycles. The molecule has 0 bridgehead atoms. The number of hydrogen-bond donors (Lipinski definition) is 0. The summed E-state index contributed by atoms with van der Waals surface area (Å²) in [5, 5.41) is 0. The van der Waals surface area contributed by atoms with Gasteiger partial charge in [0.25, 0.3) is 0 Å². The van der Waals surface area contributed by atoms with E-state index in [0.29, 0.717) is 18.0 Å². The van der Waals surface area contributed by atoms with Crippen molar-refractivity contribution in [3.05, 3.63) is 42.2 Å². The summed E-state index contributed by atoms with van der Waals surface area (Å²) in [6.07, 6.45) is 15.3. The number of aromatic nitrogens is 2. The molecule has 0 radical (unpaired) electrons. The highest BCUT2D eigenvalue weighted by molar-refractivity contribution is 5.72. The van der Waals surface area contributed by atoms with Crippen molar-refractivity contribution in [3.8, 4) is 17.1 Å². The zero-order chi connectivity index (χ0) is 19.3. The first-order chi connectivity index (χ1) is 13.2. The van der Waals surface area contributed by atoms with Crippen molar-refractivity contribution in [3.63, 3.8) is 0 Å². The number of benzene rings is 1. The summed E-state index contributed by atoms with van der Waals surface area (Å²) in [5.74, 6) is 1.06. The maximum absolute atomic E-state index is 11.5. The van der Waals surface area contributed by atoms with Crippen molar-refractivity contribution in [2.24, 2.45) is 0 Å². The summed E-state index contributed by atoms with van der Waals surface area (Å²) in [6, 6.07) is 7.36. The molecular formula is C23H32N2O2. The van der Waals surface area contributed by atoms with Gasteiger partial charge in [0, 0.05) is 24.4 Å². The van der Waals surface area contributed by atoms with Crippen LogP contribution in [0.15, 0.2) is 36.7 Å². The van der Waals surface area contributed by atoms with Gasteiger partial charge in [0.05, 0.1) is 0 Å². The third-order valence-corrected chi connectivity index (χ3v) is 4.57. The lowest BCUT2D eigenvalue weighted by molar-refractivity contribution is -0.134. The molecule has 27 heavy (non-hydrogen) atoms. The summed E-state index contributed by atoms with van der Waals surface area (Å²) in [4.78, 5) is 20.5. The third kappa shape index (κ3) is 7.90. The van der Waals surface area contributed by atoms with E-state index >= 15 is 0 Å². The zero-order valence-corrected chi connectivity index (χ0v) is 16.7. The lowest BCUT2D eigenvalue weighted by Gasteiger charge is -2.06. The minimum Gasteiger partial charge on any atom is -0.427 e. The largest absolute Gasteiger partial charge is 0.427 e. The molecule has 1 heterocycles. The van der Waals surface area contributed by atoms with Crippen LogP contribution in [0.1, 0.15) is 77.2 Å². The molecule has 0 amide bonds. The quantitative estimate of drug-likeness (QED) is 0.256. The Morgan fingerprint density at radius 1 is 0.852 bits per heavy atom. The highest BCUT2D eigenvalue weighted by Gasteiger charge is 2.06. The van der Waals surface area contributed by atoms with Crippen molar-refractivity contribution in [2.75, 3.05) is 0 Å². The van der Waals surface area contributed by atoms with E-state index in [1.165, 1.54) is 50.5 Å². The van der Waals surface area contributed by atoms with Gasteiger partial charge in [-0.3, -0.25) is 4.79 Å². The monoisotopic (exact) mass is 368 g/mol. The van der Waals surface area contributed by atoms with E-state index in [2.05, 4.69) is 16.9 Å². The number of esters is 1. The van der Waals surface area contributed by atoms with Crippen LogP contribution < -0.4 is 4.74 Å². The Hall–Kier alpha value is -2.23. The van der Waals surface area contributed by atoms with Crippen molar-refractivity contribution in [1.29, 1.82) is 0 Å². The summed E-state index contributed by atoms with van der Waals surface area (Å²) in [7, 11) is 0. The average molecular weight is 369 g/mol. The first kappa shape index (κ1) is 21.1. The van der Waals surface area contributed by atoms with Gasteiger partial charge in [-0.1, -0.05) is 52.4 Å². The van der Waals surface area contributed by atoms with Gasteiger partial charge in [-0.2, -0.15) is 0 Å². The summed E-state index contributed by atoms with van der Waals surface area (Å²) in [5.41, 5.74) is 2.12. The second kappa shape index (κ2) is 12.2. The molecule has 4 nitrogen and oxygen atoms in total. The van der Waals surface area contributed by atoms with E-state index in [-0.39, 0.29) is 5.97 Å². The fourth-order valence-electron chi connectivity index (χ4n) is 2.98. The minimum absolute atomic E-state index is 0.198. The van der Waals surface area contributed by atoms with Gasteiger partial charge in [0.2, 0.25) is 0 Å². The summed E-state index contributed by atoms with van der Waals surface area (Å²) in [6.45, 7) is 4.21. The Labute approximate surface area is 163 Å². The molecule has 2 rings (SSSR count). The highest BCUT2D eigenvalue weighted by atomic mass is 16.5. The number of ether oxygens (including phenoxy) is 1. The Bertz CT molecular complexity index is 666. The predicted octanol–water partition coefficient (Wildman–Crippen LogP) is 6.14. The molecule has 1 aromatic carbocycles. The van der Waals surface area contributed by atoms with Crippen LogP contribution in [0.5, 0.6) is 5.75 Å². The molecular weight excluding hydrogens is 336 g/mol. The second-order valence-corrected chi connectivity index (χ2v) is 7.03. The Morgan fingerprint density at radius 3 is 2.11 bits per heavy atom. The molecule has 0 spiro atoms. The summed E-state index contributed by atoms with van der Waals surface area (Å²) >= 11 is 0. The van der Waals surface area contributed by atoms with Gasteiger partial charge in [0.15, 0.2) is 5.82 Å². The van der Waals surface area contributed by atoms with Crippen molar-refractivity contribution in [2.45, 2.75) is 78.1 Å². The number of unbranched alkanes of at least 4 members (excludes halogenated alkanes) is 6. The van der Waals surface area contributed by atoms with Crippen LogP contribution in [0.2, 0.25) is 0 Å². The van der Waals surface area contributed by atoms with Crippen LogP contribution in [0.3, 0.4) is 0 Å². The van der Waals surface area contributed by atoms with Crippen LogP contribution in [-0.4, -0.2) is 15.9 Å². The van der Waals surface area contributed by atoms with E-state index in [0.717, 1.165) is 18.4 Å². The third-order valence-electron chi connectivity index (χ3n) is 4.57. The van der Waals surface area contributed by atoms with Crippen LogP contribution >= 0.6 is 0 Å². The smallest absolute Gasteiger partial charge is 0.311 e. The van der Waals surface area contributed by atoms with E-state index in [4.69, 9.17) is 4.74 Å². The lowest BCUT2D eigenvalue weighted by Crippen LogP contribution is -2.06. The van der Waals surface area contributed by atoms with E-state index < -0.39 is 0 Å². The van der Waals surface area contributed by atoms with Gasteiger partial charge in [-0.15, -0.1) is 0 Å². The Morgan fingerprint density at radius 2 is 1.48 bits per heavy atom. The van der Waals surface area contributed by atoms with Gasteiger partial charge >= 0.3 is 5.97 Å². The van der Waals surface area contributed by atoms with Crippen molar-refractivity contribution >= 4 is 5.97 Å². The normalized spacial score (nSPS) is 10.7. The SMILES string of the molecule is CCCCCCCCCc1cnc(-c2ccc(OC(=O)CCC)cc2)nc1. The number of aryl methyl sites for hydroxylation is 1. The zero-order valence-electron chi connectivity index (χ0n) is 16.7. The number of rotatable bonds is 12. The van der Waals surface area contributed by atoms with E-state index in [1.807, 2.05) is 31.5 Å². The number of nitrogens with zero attached hydrogens (tertiary/aromatic N) is 2. The average Bonchev–Trinajstić information content (AvgIpc) is 2.69. The van der Waals surface area contributed by atoms with Crippen LogP contribution in [0.4, 0.5) is 0 Å². The van der Waals surface area contributed by atoms with Gasteiger partial charge in [-0.05, 0) is 49.1 Å². The summed E-state index contributed by atoms with van der Waals surface area (Å²) < 4.78 is 5.27. The van der Waals surface area contributed by atoms with Crippen LogP contribution in [-0.2, 0) is 11.2 Å². The number of carbonyl (C=O) groups is 1. The van der Waals surface area contributed by atoms with E-state index in [9.17, 15) is 4.79 Å². The molecule has 0 aliphatic rings. The predicted molar refractivity (Wildman–Crippen MR) is 110 cm³/mol. The minimum atomic E-state index is -0.198. The van der Waals surface area contributed by atoms with E-state index in [1.54, 1.807) is 12.1 Å². The van der Waals surface area contributed by atoms with Crippen molar-refractivity contribution in [1.82, 2.24) is 9.97 Å². The molecule has 0 aliphatic carbocycles. The van der Waals surface area contributed by atoms with Gasteiger partial charge < -0.3 is 4.74 Å². The fourth-order valence-corrected chi connectivity index (χ4v) is 2.98. The molecule has 0 unspecified atom stereocenters. The first-order valence-electron chi connectivity index (χ1n) is 10.3. The standard InChI is InChI=1S/C23H32N2O2/c1-3-5-6-7-8-9-10-12-19-17-24-23(25-18-19)20-13-15-21(16-14-20)27-22(26)11-4-2/h13-18H,3-12H2,1-2H3. The fraction of sp³-hybridized carbons (Fsp3) is 0.522. The molecule has 2 aromatic rings. The Balaban J connectivity index is 1.78. The molecule has 0 aliphatic heterocycles. The molecule has 0 saturated heterocycles. The molecule has 0 N–H and O–H groups in total. The number of carbonyl (C=O) groups excluding carboxylic acids is 1. The topological polar surface area (TPSA) is 52.1 Å². The molecule has 0 fully saturated rings. The van der Waals surface area contributed by atoms with Gasteiger partial charge in [-0.25, -0.2) is 9.97 Å². The Kier molecular flexibility index (Phi) is 9.53. The van der Waals surface area contributed by atoms with Crippen LogP contribution in [0.25, 0.3) is 11.4 Å². The first-order valence-corrected chi connectivity index (χ1v) is 10.3. The second-order valence-electron chi connectivity index (χ2n) is 7.03. The maximum Gasteiger partial charge on any atom is 0.311 e. The molecule has 146 valence electrons. The highest BCUT2D eigenvalue weighted by Crippen LogP contribution is 2.20. The molecule has 4 heteroatoms. The van der Waals surface area contributed by atoms with Crippen molar-refractivity contribution < 1.29 is 9.53 Å². The molecule has 0 saturated carbocycles. The maximum atomic E-state index is 11.5. The van der Waals surface area contributed by atoms with Gasteiger partial charge in [0.1, 0.15) is 5.75 Å². The van der Waals surface area contributed by atoms with Crippen LogP contribution in [0, 0.1) is 0 Å². The molecule has 0 atom stereocenters. The lowest BCUT2D eigenvalue weighted by atomic mass is 10.1.